The van der Waals surface area contributed by atoms with Gasteiger partial charge in [0.05, 0.1) is 16.4 Å². The van der Waals surface area contributed by atoms with Gasteiger partial charge in [0.2, 0.25) is 0 Å². The molecule has 154 valence electrons. The summed E-state index contributed by atoms with van der Waals surface area (Å²) in [6.07, 6.45) is 1.97. The van der Waals surface area contributed by atoms with Gasteiger partial charge in [-0.05, 0) is 32.4 Å². The van der Waals surface area contributed by atoms with Crippen molar-refractivity contribution in [1.82, 2.24) is 10.6 Å². The Balaban J connectivity index is 0.00000676. The first-order chi connectivity index (χ1) is 12.2. The van der Waals surface area contributed by atoms with Gasteiger partial charge in [-0.3, -0.25) is 15.1 Å². The van der Waals surface area contributed by atoms with Crippen molar-refractivity contribution in [2.24, 2.45) is 4.99 Å². The summed E-state index contributed by atoms with van der Waals surface area (Å²) in [6, 6.07) is 4.10. The second-order valence-electron chi connectivity index (χ2n) is 5.85. The maximum atomic E-state index is 11.6. The highest BCUT2D eigenvalue weighted by Crippen LogP contribution is 2.27. The topological polar surface area (TPSA) is 126 Å². The number of nitrogens with zero attached hydrogens (tertiary/aromatic N) is 2. The smallest absolute Gasteiger partial charge is 0.293 e. The molecule has 1 aromatic carbocycles. The van der Waals surface area contributed by atoms with Crippen LogP contribution in [-0.4, -0.2) is 51.2 Å². The van der Waals surface area contributed by atoms with Gasteiger partial charge in [0.25, 0.3) is 5.69 Å². The van der Waals surface area contributed by atoms with Crippen molar-refractivity contribution in [2.75, 3.05) is 31.2 Å². The second kappa shape index (κ2) is 12.0. The molecule has 1 atom stereocenters. The molecule has 1 aromatic rings. The van der Waals surface area contributed by atoms with Crippen LogP contribution in [0.15, 0.2) is 28.1 Å². The standard InChI is InChI=1S/C16H27N5O4S.HI/c1-5-12(3)20-16(17-6-2)19-10-9-18-14-8-7-13(26(4,24)25)11-15(14)21(22)23;/h7-8,11-12,18H,5-6,9-10H2,1-4H3,(H2,17,19,20);1H. The molecular formula is C16H28IN5O4S. The van der Waals surface area contributed by atoms with Crippen LogP contribution in [0.1, 0.15) is 27.2 Å². The van der Waals surface area contributed by atoms with Crippen molar-refractivity contribution in [3.8, 4) is 0 Å². The SMILES string of the molecule is CCNC(=NCCNc1ccc(S(C)(=O)=O)cc1[N+](=O)[O-])NC(C)CC.I. The number of sulfone groups is 1. The van der Waals surface area contributed by atoms with E-state index < -0.39 is 14.8 Å². The van der Waals surface area contributed by atoms with E-state index in [1.165, 1.54) is 12.1 Å². The highest BCUT2D eigenvalue weighted by Gasteiger charge is 2.18. The number of hydrogen-bond acceptors (Lipinski definition) is 6. The largest absolute Gasteiger partial charge is 0.378 e. The molecule has 0 aliphatic carbocycles. The van der Waals surface area contributed by atoms with Crippen molar-refractivity contribution >= 4 is 51.1 Å². The number of nitro benzene ring substituents is 1. The number of hydrogen-bond donors (Lipinski definition) is 3. The van der Waals surface area contributed by atoms with Gasteiger partial charge < -0.3 is 16.0 Å². The molecule has 0 amide bonds. The Morgan fingerprint density at radius 3 is 2.52 bits per heavy atom. The number of aliphatic imine (C=N–C) groups is 1. The summed E-state index contributed by atoms with van der Waals surface area (Å²) in [7, 11) is -3.50. The summed E-state index contributed by atoms with van der Waals surface area (Å²) in [4.78, 5) is 14.9. The summed E-state index contributed by atoms with van der Waals surface area (Å²) in [5, 5.41) is 20.5. The number of nitrogens with one attached hydrogen (secondary N) is 3. The first kappa shape index (κ1) is 25.4. The zero-order valence-corrected chi connectivity index (χ0v) is 19.1. The number of halogens is 1. The Kier molecular flexibility index (Phi) is 11.2. The average molecular weight is 513 g/mol. The van der Waals surface area contributed by atoms with Crippen LogP contribution in [0, 0.1) is 10.1 Å². The van der Waals surface area contributed by atoms with E-state index in [1.54, 1.807) is 0 Å². The van der Waals surface area contributed by atoms with Crippen LogP contribution in [-0.2, 0) is 9.84 Å². The molecule has 27 heavy (non-hydrogen) atoms. The first-order valence-corrected chi connectivity index (χ1v) is 10.3. The lowest BCUT2D eigenvalue weighted by atomic mass is 10.2. The molecule has 11 heteroatoms. The Morgan fingerprint density at radius 2 is 2.00 bits per heavy atom. The molecule has 0 aliphatic heterocycles. The lowest BCUT2D eigenvalue weighted by Crippen LogP contribution is -2.42. The fourth-order valence-electron chi connectivity index (χ4n) is 2.06. The van der Waals surface area contributed by atoms with E-state index in [9.17, 15) is 18.5 Å². The zero-order chi connectivity index (χ0) is 19.7. The third-order valence-electron chi connectivity index (χ3n) is 3.63. The summed E-state index contributed by atoms with van der Waals surface area (Å²) >= 11 is 0. The highest BCUT2D eigenvalue weighted by atomic mass is 127. The normalized spacial score (nSPS) is 12.7. The van der Waals surface area contributed by atoms with Gasteiger partial charge in [-0.25, -0.2) is 8.42 Å². The van der Waals surface area contributed by atoms with Crippen molar-refractivity contribution in [3.63, 3.8) is 0 Å². The highest BCUT2D eigenvalue weighted by molar-refractivity contribution is 14.0. The van der Waals surface area contributed by atoms with Gasteiger partial charge in [-0.15, -0.1) is 24.0 Å². The van der Waals surface area contributed by atoms with Crippen LogP contribution in [0.5, 0.6) is 0 Å². The minimum Gasteiger partial charge on any atom is -0.378 e. The van der Waals surface area contributed by atoms with Crippen molar-refractivity contribution in [3.05, 3.63) is 28.3 Å². The molecule has 3 N–H and O–H groups in total. The summed E-state index contributed by atoms with van der Waals surface area (Å²) in [5.74, 6) is 0.686. The quantitative estimate of drug-likeness (QED) is 0.116. The van der Waals surface area contributed by atoms with Gasteiger partial charge in [-0.2, -0.15) is 0 Å². The molecule has 0 saturated heterocycles. The maximum absolute atomic E-state index is 11.6. The van der Waals surface area contributed by atoms with Gasteiger partial charge in [0.15, 0.2) is 15.8 Å². The lowest BCUT2D eigenvalue weighted by molar-refractivity contribution is -0.384. The van der Waals surface area contributed by atoms with Crippen molar-refractivity contribution in [2.45, 2.75) is 38.1 Å². The molecule has 0 bridgehead atoms. The maximum Gasteiger partial charge on any atom is 0.293 e. The first-order valence-electron chi connectivity index (χ1n) is 8.46. The predicted molar refractivity (Wildman–Crippen MR) is 119 cm³/mol. The molecule has 0 spiro atoms. The molecule has 0 aliphatic rings. The van der Waals surface area contributed by atoms with Crippen molar-refractivity contribution in [1.29, 1.82) is 0 Å². The van der Waals surface area contributed by atoms with E-state index in [4.69, 9.17) is 0 Å². The Morgan fingerprint density at radius 1 is 1.33 bits per heavy atom. The number of rotatable bonds is 9. The molecule has 0 heterocycles. The fourth-order valence-corrected chi connectivity index (χ4v) is 2.70. The number of anilines is 1. The van der Waals surface area contributed by atoms with Gasteiger partial charge >= 0.3 is 0 Å². The molecule has 0 radical (unpaired) electrons. The van der Waals surface area contributed by atoms with Crippen LogP contribution < -0.4 is 16.0 Å². The minimum absolute atomic E-state index is 0. The third-order valence-corrected chi connectivity index (χ3v) is 4.74. The Labute approximate surface area is 177 Å². The molecule has 0 aromatic heterocycles. The lowest BCUT2D eigenvalue weighted by Gasteiger charge is -2.16. The van der Waals surface area contributed by atoms with Gasteiger partial charge in [0, 0.05) is 31.5 Å². The van der Waals surface area contributed by atoms with Crippen LogP contribution in [0.2, 0.25) is 0 Å². The van der Waals surface area contributed by atoms with E-state index in [1.807, 2.05) is 6.92 Å². The Bertz CT molecular complexity index is 755. The molecule has 0 saturated carbocycles. The van der Waals surface area contributed by atoms with Gasteiger partial charge in [0.1, 0.15) is 5.69 Å². The van der Waals surface area contributed by atoms with E-state index in [0.717, 1.165) is 25.3 Å². The molecule has 9 nitrogen and oxygen atoms in total. The van der Waals surface area contributed by atoms with Crippen LogP contribution in [0.4, 0.5) is 11.4 Å². The van der Waals surface area contributed by atoms with Crippen LogP contribution >= 0.6 is 24.0 Å². The monoisotopic (exact) mass is 513 g/mol. The molecule has 1 unspecified atom stereocenters. The summed E-state index contributed by atoms with van der Waals surface area (Å²) in [5.41, 5.74) is -0.0148. The average Bonchev–Trinajstić information content (AvgIpc) is 2.57. The summed E-state index contributed by atoms with van der Waals surface area (Å²) < 4.78 is 23.1. The van der Waals surface area contributed by atoms with Crippen LogP contribution in [0.25, 0.3) is 0 Å². The third kappa shape index (κ3) is 8.73. The predicted octanol–water partition coefficient (Wildman–Crippen LogP) is 2.38. The minimum atomic E-state index is -3.50. The number of benzene rings is 1. The number of guanidine groups is 1. The van der Waals surface area contributed by atoms with E-state index in [0.29, 0.717) is 19.0 Å². The Hall–Kier alpha value is -1.63. The number of nitro groups is 1. The zero-order valence-electron chi connectivity index (χ0n) is 16.0. The molecule has 1 rings (SSSR count). The molecular weight excluding hydrogens is 485 g/mol. The van der Waals surface area contributed by atoms with E-state index in [-0.39, 0.29) is 46.3 Å². The van der Waals surface area contributed by atoms with Gasteiger partial charge in [-0.1, -0.05) is 6.92 Å². The van der Waals surface area contributed by atoms with Crippen molar-refractivity contribution < 1.29 is 13.3 Å². The fraction of sp³-hybridized carbons (Fsp3) is 0.562. The van der Waals surface area contributed by atoms with Crippen LogP contribution in [0.3, 0.4) is 0 Å². The van der Waals surface area contributed by atoms with E-state index in [2.05, 4.69) is 34.8 Å². The molecule has 0 fully saturated rings. The second-order valence-corrected chi connectivity index (χ2v) is 7.87. The van der Waals surface area contributed by atoms with E-state index >= 15 is 0 Å². The summed E-state index contributed by atoms with van der Waals surface area (Å²) in [6.45, 7) is 7.60.